The predicted molar refractivity (Wildman–Crippen MR) is 101 cm³/mol. The van der Waals surface area contributed by atoms with Crippen molar-refractivity contribution >= 4 is 34.0 Å². The third kappa shape index (κ3) is 3.66. The first-order chi connectivity index (χ1) is 11.7. The van der Waals surface area contributed by atoms with Gasteiger partial charge in [-0.2, -0.15) is 0 Å². The van der Waals surface area contributed by atoms with E-state index in [1.807, 2.05) is 30.3 Å². The van der Waals surface area contributed by atoms with E-state index < -0.39 is 0 Å². The van der Waals surface area contributed by atoms with Crippen LogP contribution in [0.25, 0.3) is 11.3 Å². The maximum absolute atomic E-state index is 12.4. The van der Waals surface area contributed by atoms with E-state index in [1.54, 1.807) is 24.3 Å². The third-order valence-corrected chi connectivity index (χ3v) is 4.92. The SMILES string of the molecule is CCCc1sc(NC(=O)c2ccccc2Cl)nc1-c1ccccc1. The second kappa shape index (κ2) is 7.60. The summed E-state index contributed by atoms with van der Waals surface area (Å²) in [4.78, 5) is 18.2. The van der Waals surface area contributed by atoms with Gasteiger partial charge in [0.2, 0.25) is 0 Å². The normalized spacial score (nSPS) is 10.6. The second-order valence-corrected chi connectivity index (χ2v) is 6.83. The van der Waals surface area contributed by atoms with Gasteiger partial charge in [0.1, 0.15) is 0 Å². The molecule has 0 bridgehead atoms. The van der Waals surface area contributed by atoms with E-state index in [1.165, 1.54) is 16.2 Å². The van der Waals surface area contributed by atoms with Crippen LogP contribution in [0.1, 0.15) is 28.6 Å². The van der Waals surface area contributed by atoms with Crippen LogP contribution in [0.5, 0.6) is 0 Å². The number of benzene rings is 2. The van der Waals surface area contributed by atoms with Gasteiger partial charge in [-0.05, 0) is 18.6 Å². The molecule has 1 aromatic heterocycles. The summed E-state index contributed by atoms with van der Waals surface area (Å²) in [5, 5.41) is 3.91. The molecule has 1 heterocycles. The lowest BCUT2D eigenvalue weighted by Crippen LogP contribution is -2.12. The molecule has 0 fully saturated rings. The molecule has 24 heavy (non-hydrogen) atoms. The van der Waals surface area contributed by atoms with Crippen LogP contribution >= 0.6 is 22.9 Å². The molecule has 1 N–H and O–H groups in total. The lowest BCUT2D eigenvalue weighted by molar-refractivity contribution is 0.102. The predicted octanol–water partition coefficient (Wildman–Crippen LogP) is 5.67. The average molecular weight is 357 g/mol. The topological polar surface area (TPSA) is 42.0 Å². The highest BCUT2D eigenvalue weighted by Crippen LogP contribution is 2.32. The number of aromatic nitrogens is 1. The van der Waals surface area contributed by atoms with E-state index >= 15 is 0 Å². The quantitative estimate of drug-likeness (QED) is 0.640. The lowest BCUT2D eigenvalue weighted by atomic mass is 10.1. The molecule has 5 heteroatoms. The van der Waals surface area contributed by atoms with Crippen molar-refractivity contribution in [2.75, 3.05) is 5.32 Å². The fraction of sp³-hybridized carbons (Fsp3) is 0.158. The molecule has 0 atom stereocenters. The highest BCUT2D eigenvalue weighted by Gasteiger charge is 2.16. The monoisotopic (exact) mass is 356 g/mol. The average Bonchev–Trinajstić information content (AvgIpc) is 2.99. The third-order valence-electron chi connectivity index (χ3n) is 3.56. The zero-order valence-electron chi connectivity index (χ0n) is 13.3. The van der Waals surface area contributed by atoms with Gasteiger partial charge >= 0.3 is 0 Å². The molecule has 3 rings (SSSR count). The summed E-state index contributed by atoms with van der Waals surface area (Å²) in [5.74, 6) is -0.239. The Kier molecular flexibility index (Phi) is 5.28. The molecule has 0 saturated carbocycles. The second-order valence-electron chi connectivity index (χ2n) is 5.34. The Morgan fingerprint density at radius 3 is 2.54 bits per heavy atom. The molecule has 122 valence electrons. The van der Waals surface area contributed by atoms with Crippen molar-refractivity contribution in [3.63, 3.8) is 0 Å². The minimum Gasteiger partial charge on any atom is -0.298 e. The zero-order valence-corrected chi connectivity index (χ0v) is 14.8. The van der Waals surface area contributed by atoms with E-state index in [-0.39, 0.29) is 5.91 Å². The largest absolute Gasteiger partial charge is 0.298 e. The van der Waals surface area contributed by atoms with E-state index in [4.69, 9.17) is 11.6 Å². The minimum atomic E-state index is -0.239. The Morgan fingerprint density at radius 2 is 1.83 bits per heavy atom. The molecule has 0 aliphatic heterocycles. The van der Waals surface area contributed by atoms with E-state index in [0.29, 0.717) is 15.7 Å². The number of rotatable bonds is 5. The summed E-state index contributed by atoms with van der Waals surface area (Å²) in [6.07, 6.45) is 1.96. The van der Waals surface area contributed by atoms with Gasteiger partial charge in [-0.1, -0.05) is 67.4 Å². The Hall–Kier alpha value is -2.17. The van der Waals surface area contributed by atoms with Crippen LogP contribution in [0.2, 0.25) is 5.02 Å². The molecule has 2 aromatic carbocycles. The van der Waals surface area contributed by atoms with Gasteiger partial charge in [-0.15, -0.1) is 11.3 Å². The van der Waals surface area contributed by atoms with E-state index in [9.17, 15) is 4.79 Å². The van der Waals surface area contributed by atoms with Crippen LogP contribution in [-0.2, 0) is 6.42 Å². The van der Waals surface area contributed by atoms with Crippen LogP contribution in [-0.4, -0.2) is 10.9 Å². The van der Waals surface area contributed by atoms with Crippen LogP contribution in [0.4, 0.5) is 5.13 Å². The Bertz CT molecular complexity index is 846. The Balaban J connectivity index is 1.89. The number of carbonyl (C=O) groups is 1. The van der Waals surface area contributed by atoms with Crippen molar-refractivity contribution in [2.24, 2.45) is 0 Å². The highest BCUT2D eigenvalue weighted by molar-refractivity contribution is 7.16. The smallest absolute Gasteiger partial charge is 0.258 e. The molecule has 0 unspecified atom stereocenters. The van der Waals surface area contributed by atoms with Gasteiger partial charge in [0.25, 0.3) is 5.91 Å². The van der Waals surface area contributed by atoms with Gasteiger partial charge in [0.05, 0.1) is 16.3 Å². The number of hydrogen-bond acceptors (Lipinski definition) is 3. The van der Waals surface area contributed by atoms with Crippen LogP contribution in [0.3, 0.4) is 0 Å². The van der Waals surface area contributed by atoms with Crippen LogP contribution in [0.15, 0.2) is 54.6 Å². The van der Waals surface area contributed by atoms with Gasteiger partial charge in [-0.3, -0.25) is 10.1 Å². The van der Waals surface area contributed by atoms with Crippen molar-refractivity contribution in [3.05, 3.63) is 70.1 Å². The van der Waals surface area contributed by atoms with Crippen molar-refractivity contribution in [1.29, 1.82) is 0 Å². The van der Waals surface area contributed by atoms with Gasteiger partial charge in [0, 0.05) is 10.4 Å². The summed E-state index contributed by atoms with van der Waals surface area (Å²) in [5.41, 5.74) is 2.46. The molecule has 3 nitrogen and oxygen atoms in total. The first kappa shape index (κ1) is 16.7. The van der Waals surface area contributed by atoms with Gasteiger partial charge in [0.15, 0.2) is 5.13 Å². The van der Waals surface area contributed by atoms with E-state index in [0.717, 1.165) is 24.1 Å². The number of nitrogens with one attached hydrogen (secondary N) is 1. The first-order valence-corrected chi connectivity index (χ1v) is 8.99. The number of amides is 1. The number of hydrogen-bond donors (Lipinski definition) is 1. The molecule has 0 aliphatic rings. The highest BCUT2D eigenvalue weighted by atomic mass is 35.5. The fourth-order valence-electron chi connectivity index (χ4n) is 2.43. The summed E-state index contributed by atoms with van der Waals surface area (Å²) in [6.45, 7) is 2.14. The molecular weight excluding hydrogens is 340 g/mol. The summed E-state index contributed by atoms with van der Waals surface area (Å²) in [6, 6.07) is 17.0. The molecule has 0 saturated heterocycles. The maximum atomic E-state index is 12.4. The number of nitrogens with zero attached hydrogens (tertiary/aromatic N) is 1. The number of halogens is 1. The molecule has 0 radical (unpaired) electrons. The zero-order chi connectivity index (χ0) is 16.9. The first-order valence-electron chi connectivity index (χ1n) is 7.80. The van der Waals surface area contributed by atoms with Crippen molar-refractivity contribution in [3.8, 4) is 11.3 Å². The van der Waals surface area contributed by atoms with Crippen molar-refractivity contribution in [1.82, 2.24) is 4.98 Å². The van der Waals surface area contributed by atoms with Crippen LogP contribution in [0, 0.1) is 0 Å². The Morgan fingerprint density at radius 1 is 1.12 bits per heavy atom. The molecule has 1 amide bonds. The maximum Gasteiger partial charge on any atom is 0.258 e. The van der Waals surface area contributed by atoms with Gasteiger partial charge < -0.3 is 0 Å². The number of thiazole rings is 1. The molecule has 3 aromatic rings. The standard InChI is InChI=1S/C19H17ClN2OS/c1-2-8-16-17(13-9-4-3-5-10-13)21-19(24-16)22-18(23)14-11-6-7-12-15(14)20/h3-7,9-12H,2,8H2,1H3,(H,21,22,23). The summed E-state index contributed by atoms with van der Waals surface area (Å²) in [7, 11) is 0. The van der Waals surface area contributed by atoms with Gasteiger partial charge in [-0.25, -0.2) is 4.98 Å². The van der Waals surface area contributed by atoms with Crippen molar-refractivity contribution in [2.45, 2.75) is 19.8 Å². The number of carbonyl (C=O) groups excluding carboxylic acids is 1. The lowest BCUT2D eigenvalue weighted by Gasteiger charge is -2.03. The van der Waals surface area contributed by atoms with E-state index in [2.05, 4.69) is 17.2 Å². The summed E-state index contributed by atoms with van der Waals surface area (Å²) < 4.78 is 0. The number of aryl methyl sites for hydroxylation is 1. The molecule has 0 aliphatic carbocycles. The molecular formula is C19H17ClN2OS. The Labute approximate surface area is 150 Å². The van der Waals surface area contributed by atoms with Crippen molar-refractivity contribution < 1.29 is 4.79 Å². The summed E-state index contributed by atoms with van der Waals surface area (Å²) >= 11 is 7.61. The fourth-order valence-corrected chi connectivity index (χ4v) is 3.74. The van der Waals surface area contributed by atoms with Crippen LogP contribution < -0.4 is 5.32 Å². The minimum absolute atomic E-state index is 0.239. The molecule has 0 spiro atoms. The number of anilines is 1.